The number of quaternary nitrogens is 1. The first kappa shape index (κ1) is 95.5. The third-order valence-corrected chi connectivity index (χ3v) is 20.1. The van der Waals surface area contributed by atoms with Crippen LogP contribution in [0.4, 0.5) is 0 Å². The molecule has 0 heterocycles. The van der Waals surface area contributed by atoms with Crippen molar-refractivity contribution >= 4 is 17.9 Å². The number of ether oxygens (including phenoxy) is 4. The Morgan fingerprint density at radius 3 is 0.816 bits per heavy atom. The Kier molecular flexibility index (Phi) is 78.2. The number of hydrogen-bond acceptors (Lipinski definition) is 8. The topological polar surface area (TPSA) is 111 Å². The predicted octanol–water partition coefficient (Wildman–Crippen LogP) is 26.9. The van der Waals surface area contributed by atoms with Crippen LogP contribution in [0.5, 0.6) is 0 Å². The van der Waals surface area contributed by atoms with Gasteiger partial charge in [-0.3, -0.25) is 9.59 Å². The molecule has 0 saturated heterocycles. The third kappa shape index (κ3) is 80.8. The molecule has 0 bridgehead atoms. The van der Waals surface area contributed by atoms with Gasteiger partial charge >= 0.3 is 11.9 Å². The zero-order chi connectivity index (χ0) is 71.1. The van der Waals surface area contributed by atoms with Crippen LogP contribution in [-0.2, 0) is 33.3 Å². The van der Waals surface area contributed by atoms with Crippen molar-refractivity contribution in [3.8, 4) is 0 Å². The summed E-state index contributed by atoms with van der Waals surface area (Å²) in [4.78, 5) is 37.7. The maximum atomic E-state index is 13.0. The molecule has 0 aliphatic rings. The van der Waals surface area contributed by atoms with Crippen molar-refractivity contribution in [1.82, 2.24) is 0 Å². The van der Waals surface area contributed by atoms with Gasteiger partial charge in [0.25, 0.3) is 0 Å². The average molecular weight is 1380 g/mol. The van der Waals surface area contributed by atoms with Gasteiger partial charge in [0.1, 0.15) is 13.2 Å². The van der Waals surface area contributed by atoms with Gasteiger partial charge in [-0.25, -0.2) is 0 Å². The molecule has 0 rings (SSSR count). The average Bonchev–Trinajstić information content (AvgIpc) is 1.26. The molecule has 0 aromatic heterocycles. The second kappa shape index (κ2) is 80.2. The SMILES string of the molecule is CCCCCCC/C=C\C/C=C\C/C=C\CCCCCCCCCCCCCCCCCCCCCCCCC(=O)OC(COC(=O)CCCCCCCCCCCCCCCCCCCCCCCCCCCCCCCCCCCCCC)COC(OCC[N+](C)(C)C)C(=O)[O-]. The number of esters is 2. The van der Waals surface area contributed by atoms with E-state index in [1.54, 1.807) is 0 Å². The first-order valence-corrected chi connectivity index (χ1v) is 43.6. The largest absolute Gasteiger partial charge is 0.545 e. The number of carbonyl (C=O) groups excluding carboxylic acids is 3. The number of carboxylic acid groups (broad SMARTS) is 1. The summed E-state index contributed by atoms with van der Waals surface area (Å²) >= 11 is 0. The molecule has 0 aromatic carbocycles. The molecule has 9 heteroatoms. The highest BCUT2D eigenvalue weighted by Gasteiger charge is 2.22. The van der Waals surface area contributed by atoms with E-state index in [0.29, 0.717) is 17.4 Å². The Morgan fingerprint density at radius 2 is 0.551 bits per heavy atom. The van der Waals surface area contributed by atoms with Gasteiger partial charge in [-0.05, 0) is 51.4 Å². The number of carbonyl (C=O) groups is 3. The maximum Gasteiger partial charge on any atom is 0.306 e. The smallest absolute Gasteiger partial charge is 0.306 e. The van der Waals surface area contributed by atoms with Gasteiger partial charge < -0.3 is 33.3 Å². The number of hydrogen-bond donors (Lipinski definition) is 0. The first-order valence-electron chi connectivity index (χ1n) is 43.6. The van der Waals surface area contributed by atoms with E-state index in [9.17, 15) is 19.5 Å². The summed E-state index contributed by atoms with van der Waals surface area (Å²) in [6, 6.07) is 0. The monoisotopic (exact) mass is 1380 g/mol. The van der Waals surface area contributed by atoms with E-state index >= 15 is 0 Å². The van der Waals surface area contributed by atoms with Crippen molar-refractivity contribution in [2.75, 3.05) is 47.5 Å². The van der Waals surface area contributed by atoms with Gasteiger partial charge in [-0.15, -0.1) is 0 Å². The molecular weight excluding hydrogens is 1210 g/mol. The Labute approximate surface area is 610 Å². The van der Waals surface area contributed by atoms with Crippen LogP contribution in [-0.4, -0.2) is 82.3 Å². The van der Waals surface area contributed by atoms with Crippen molar-refractivity contribution in [3.63, 3.8) is 0 Å². The Hall–Kier alpha value is -2.49. The molecule has 0 fully saturated rings. The summed E-state index contributed by atoms with van der Waals surface area (Å²) in [5.74, 6) is -2.24. The summed E-state index contributed by atoms with van der Waals surface area (Å²) in [7, 11) is 5.96. The molecule has 0 spiro atoms. The molecule has 0 N–H and O–H groups in total. The van der Waals surface area contributed by atoms with Gasteiger partial charge in [0, 0.05) is 12.8 Å². The third-order valence-electron chi connectivity index (χ3n) is 20.1. The molecule has 0 aliphatic carbocycles. The second-order valence-electron chi connectivity index (χ2n) is 31.2. The highest BCUT2D eigenvalue weighted by atomic mass is 16.7. The highest BCUT2D eigenvalue weighted by Crippen LogP contribution is 2.21. The lowest BCUT2D eigenvalue weighted by Crippen LogP contribution is -2.44. The van der Waals surface area contributed by atoms with Crippen LogP contribution in [0.25, 0.3) is 0 Å². The minimum Gasteiger partial charge on any atom is -0.545 e. The van der Waals surface area contributed by atoms with E-state index in [4.69, 9.17) is 18.9 Å². The van der Waals surface area contributed by atoms with Crippen molar-refractivity contribution in [1.29, 1.82) is 0 Å². The van der Waals surface area contributed by atoms with Gasteiger partial charge in [-0.1, -0.05) is 429 Å². The van der Waals surface area contributed by atoms with Crippen LogP contribution in [0.1, 0.15) is 457 Å². The molecule has 98 heavy (non-hydrogen) atoms. The summed E-state index contributed by atoms with van der Waals surface area (Å²) in [6.45, 7) is 4.83. The molecule has 0 radical (unpaired) electrons. The van der Waals surface area contributed by atoms with Crippen LogP contribution in [0, 0.1) is 0 Å². The van der Waals surface area contributed by atoms with E-state index in [1.807, 2.05) is 21.1 Å². The molecule has 0 amide bonds. The summed E-state index contributed by atoms with van der Waals surface area (Å²) in [5.41, 5.74) is 0. The molecule has 0 saturated carbocycles. The maximum absolute atomic E-state index is 13.0. The van der Waals surface area contributed by atoms with Gasteiger partial charge in [0.2, 0.25) is 0 Å². The van der Waals surface area contributed by atoms with Crippen LogP contribution in [0.15, 0.2) is 36.5 Å². The van der Waals surface area contributed by atoms with Crippen LogP contribution in [0.3, 0.4) is 0 Å². The fraction of sp³-hybridized carbons (Fsp3) is 0.899. The van der Waals surface area contributed by atoms with E-state index in [1.165, 1.54) is 379 Å². The summed E-state index contributed by atoms with van der Waals surface area (Å²) in [6.07, 6.45) is 102. The molecule has 2 atom stereocenters. The minimum absolute atomic E-state index is 0.152. The number of unbranched alkanes of at least 4 members (excludes halogenated alkanes) is 62. The van der Waals surface area contributed by atoms with Gasteiger partial charge in [0.05, 0.1) is 40.3 Å². The molecule has 9 nitrogen and oxygen atoms in total. The Bertz CT molecular complexity index is 1710. The van der Waals surface area contributed by atoms with Gasteiger partial charge in [0.15, 0.2) is 12.4 Å². The number of allylic oxidation sites excluding steroid dienone is 6. The fourth-order valence-electron chi connectivity index (χ4n) is 13.5. The zero-order valence-electron chi connectivity index (χ0n) is 66.5. The van der Waals surface area contributed by atoms with Crippen molar-refractivity contribution < 1.29 is 42.9 Å². The lowest BCUT2D eigenvalue weighted by Gasteiger charge is -2.26. The van der Waals surface area contributed by atoms with Crippen molar-refractivity contribution in [2.24, 2.45) is 0 Å². The van der Waals surface area contributed by atoms with Crippen molar-refractivity contribution in [3.05, 3.63) is 36.5 Å². The Morgan fingerprint density at radius 1 is 0.306 bits per heavy atom. The number of carboxylic acids is 1. The van der Waals surface area contributed by atoms with E-state index in [2.05, 4.69) is 50.3 Å². The number of likely N-dealkylation sites (N-methyl/N-ethyl adjacent to an activating group) is 1. The number of nitrogens with zero attached hydrogens (tertiary/aromatic N) is 1. The molecular formula is C89H169NO8. The van der Waals surface area contributed by atoms with Crippen LogP contribution < -0.4 is 5.11 Å². The van der Waals surface area contributed by atoms with Gasteiger partial charge in [-0.2, -0.15) is 0 Å². The summed E-state index contributed by atoms with van der Waals surface area (Å²) < 4.78 is 22.9. The minimum atomic E-state index is -1.62. The fourth-order valence-corrected chi connectivity index (χ4v) is 13.5. The normalized spacial score (nSPS) is 12.7. The molecule has 578 valence electrons. The molecule has 2 unspecified atom stereocenters. The quantitative estimate of drug-likeness (QED) is 0.0195. The number of aliphatic carboxylic acids is 1. The highest BCUT2D eigenvalue weighted by molar-refractivity contribution is 5.70. The standard InChI is InChI=1S/C89H169NO8/c1-6-8-10-12-14-16-18-20-22-24-26-28-30-32-34-36-38-40-42-44-46-48-50-52-54-56-58-60-62-64-66-68-70-72-74-76-78-80-87(92)98-85(84-97-89(88(93)94)95-82-81-90(3,4)5)83-96-86(91)79-77-75-73-71-69-67-65-63-61-59-57-55-53-51-49-47-45-43-41-39-37-35-33-31-29-27-25-23-21-19-17-15-13-11-9-7-2/h18,20,24,26,30,32,85,89H,6-17,19,21-23,25,27-29,31,33-84H2,1-5H3/b20-18-,26-24-,32-30-. The van der Waals surface area contributed by atoms with Crippen LogP contribution in [0.2, 0.25) is 0 Å². The van der Waals surface area contributed by atoms with E-state index < -0.39 is 24.3 Å². The van der Waals surface area contributed by atoms with E-state index in [-0.39, 0.29) is 32.2 Å². The molecule has 0 aliphatic heterocycles. The lowest BCUT2D eigenvalue weighted by atomic mass is 10.0. The van der Waals surface area contributed by atoms with Crippen LogP contribution >= 0.6 is 0 Å². The number of rotatable bonds is 83. The second-order valence-corrected chi connectivity index (χ2v) is 31.2. The summed E-state index contributed by atoms with van der Waals surface area (Å²) in [5, 5.41) is 11.9. The van der Waals surface area contributed by atoms with E-state index in [0.717, 1.165) is 51.4 Å². The Balaban J connectivity index is 3.92. The lowest BCUT2D eigenvalue weighted by molar-refractivity contribution is -0.870. The predicted molar refractivity (Wildman–Crippen MR) is 422 cm³/mol. The first-order chi connectivity index (χ1) is 48.1. The molecule has 0 aromatic rings. The van der Waals surface area contributed by atoms with Crippen molar-refractivity contribution in [2.45, 2.75) is 469 Å². The zero-order valence-corrected chi connectivity index (χ0v) is 66.5.